The van der Waals surface area contributed by atoms with E-state index in [0.29, 0.717) is 31.0 Å². The minimum atomic E-state index is -1.73. The molecule has 3 rings (SSSR count). The maximum atomic E-state index is 12.6. The summed E-state index contributed by atoms with van der Waals surface area (Å²) in [5, 5.41) is 31.7. The van der Waals surface area contributed by atoms with Crippen LogP contribution in [0.3, 0.4) is 0 Å². The minimum absolute atomic E-state index is 0.0488. The molecule has 0 aliphatic carbocycles. The van der Waals surface area contributed by atoms with Crippen molar-refractivity contribution < 1.29 is 24.7 Å². The van der Waals surface area contributed by atoms with Gasteiger partial charge in [0.1, 0.15) is 5.02 Å². The zero-order chi connectivity index (χ0) is 26.8. The molecular formula is C26H28ClN3O6. The summed E-state index contributed by atoms with van der Waals surface area (Å²) < 4.78 is 0. The Balaban J connectivity index is 2.10. The van der Waals surface area contributed by atoms with Crippen LogP contribution in [-0.4, -0.2) is 57.0 Å². The summed E-state index contributed by atoms with van der Waals surface area (Å²) in [5.74, 6) is -2.65. The molecule has 0 radical (unpaired) electrons. The molecule has 36 heavy (non-hydrogen) atoms. The fourth-order valence-electron chi connectivity index (χ4n) is 5.00. The number of hydrogen-bond donors (Lipinski definition) is 2. The smallest absolute Gasteiger partial charge is 0.334 e. The topological polar surface area (TPSA) is 124 Å². The maximum absolute atomic E-state index is 12.6. The van der Waals surface area contributed by atoms with Crippen LogP contribution in [0.15, 0.2) is 71.1 Å². The van der Waals surface area contributed by atoms with Gasteiger partial charge in [0, 0.05) is 37.1 Å². The minimum Gasteiger partial charge on any atom is -0.478 e. The lowest BCUT2D eigenvalue weighted by molar-refractivity contribution is -0.384. The van der Waals surface area contributed by atoms with Crippen LogP contribution < -0.4 is 0 Å². The molecule has 2 aromatic carbocycles. The summed E-state index contributed by atoms with van der Waals surface area (Å²) in [6, 6.07) is 13.9. The standard InChI is InChI=1S/C26H28ClN3O6/c1-16-21(24(31)32)26(3,19-11-8-12-20(23(19)27)30(35)36)22(25(33)34)17(2)29(16)14-13-28(4)15-18-9-6-5-7-10-18/h5-12H,13-15H2,1-4H3,(H,31,32)(H,33,34). The van der Waals surface area contributed by atoms with E-state index in [4.69, 9.17) is 11.6 Å². The normalized spacial score (nSPS) is 15.4. The van der Waals surface area contributed by atoms with Gasteiger partial charge in [0.05, 0.1) is 21.5 Å². The number of aliphatic carboxylic acids is 2. The van der Waals surface area contributed by atoms with Gasteiger partial charge in [-0.15, -0.1) is 0 Å². The Hall–Kier alpha value is -3.69. The van der Waals surface area contributed by atoms with Crippen LogP contribution in [0, 0.1) is 10.1 Å². The van der Waals surface area contributed by atoms with Crippen molar-refractivity contribution in [2.45, 2.75) is 32.7 Å². The summed E-state index contributed by atoms with van der Waals surface area (Å²) in [6.45, 7) is 6.21. The Morgan fingerprint density at radius 1 is 1.03 bits per heavy atom. The van der Waals surface area contributed by atoms with Gasteiger partial charge in [0.2, 0.25) is 0 Å². The monoisotopic (exact) mass is 513 g/mol. The van der Waals surface area contributed by atoms with Crippen LogP contribution in [0.25, 0.3) is 0 Å². The van der Waals surface area contributed by atoms with E-state index in [1.54, 1.807) is 18.7 Å². The Morgan fingerprint density at radius 3 is 2.08 bits per heavy atom. The largest absolute Gasteiger partial charge is 0.478 e. The lowest BCUT2D eigenvalue weighted by atomic mass is 9.66. The van der Waals surface area contributed by atoms with Crippen molar-refractivity contribution in [2.24, 2.45) is 0 Å². The third kappa shape index (κ3) is 4.84. The Morgan fingerprint density at radius 2 is 1.58 bits per heavy atom. The number of carbonyl (C=O) groups is 2. The molecule has 1 aliphatic rings. The number of allylic oxidation sites excluding steroid dienone is 2. The molecular weight excluding hydrogens is 486 g/mol. The highest BCUT2D eigenvalue weighted by Crippen LogP contribution is 2.50. The number of carboxylic acid groups (broad SMARTS) is 2. The number of nitrogens with zero attached hydrogens (tertiary/aromatic N) is 3. The third-order valence-corrected chi connectivity index (χ3v) is 7.07. The van der Waals surface area contributed by atoms with Gasteiger partial charge < -0.3 is 20.0 Å². The van der Waals surface area contributed by atoms with E-state index in [-0.39, 0.29) is 21.7 Å². The van der Waals surface area contributed by atoms with Crippen LogP contribution in [0.5, 0.6) is 0 Å². The van der Waals surface area contributed by atoms with Crippen LogP contribution in [0.2, 0.25) is 5.02 Å². The first kappa shape index (κ1) is 26.9. The van der Waals surface area contributed by atoms with E-state index in [2.05, 4.69) is 4.90 Å². The Labute approximate surface area is 214 Å². The van der Waals surface area contributed by atoms with Crippen LogP contribution in [0.1, 0.15) is 31.9 Å². The van der Waals surface area contributed by atoms with Crippen molar-refractivity contribution in [2.75, 3.05) is 20.1 Å². The van der Waals surface area contributed by atoms with Crippen molar-refractivity contribution in [1.29, 1.82) is 0 Å². The average molecular weight is 514 g/mol. The molecule has 1 heterocycles. The molecule has 0 aromatic heterocycles. The van der Waals surface area contributed by atoms with E-state index < -0.39 is 28.0 Å². The number of halogens is 1. The molecule has 0 fully saturated rings. The van der Waals surface area contributed by atoms with Gasteiger partial charge >= 0.3 is 11.9 Å². The van der Waals surface area contributed by atoms with E-state index in [1.165, 1.54) is 25.1 Å². The number of nitro groups is 1. The number of likely N-dealkylation sites (N-methyl/N-ethyl adjacent to an activating group) is 1. The van der Waals surface area contributed by atoms with Crippen molar-refractivity contribution >= 4 is 29.2 Å². The highest BCUT2D eigenvalue weighted by molar-refractivity contribution is 6.33. The predicted molar refractivity (Wildman–Crippen MR) is 136 cm³/mol. The molecule has 0 spiro atoms. The lowest BCUT2D eigenvalue weighted by Crippen LogP contribution is -2.45. The van der Waals surface area contributed by atoms with E-state index in [9.17, 15) is 29.9 Å². The fourth-order valence-corrected chi connectivity index (χ4v) is 5.39. The van der Waals surface area contributed by atoms with Crippen molar-refractivity contribution in [3.63, 3.8) is 0 Å². The van der Waals surface area contributed by atoms with Crippen molar-refractivity contribution in [1.82, 2.24) is 9.80 Å². The SMILES string of the molecule is CC1=C(C(=O)O)C(C)(c2cccc([N+](=O)[O-])c2Cl)C(C(=O)O)=C(C)N1CCN(C)Cc1ccccc1. The zero-order valence-electron chi connectivity index (χ0n) is 20.5. The zero-order valence-corrected chi connectivity index (χ0v) is 21.2. The van der Waals surface area contributed by atoms with Gasteiger partial charge in [0.25, 0.3) is 5.69 Å². The second-order valence-corrected chi connectivity index (χ2v) is 9.30. The summed E-state index contributed by atoms with van der Waals surface area (Å²) in [7, 11) is 1.93. The van der Waals surface area contributed by atoms with Gasteiger partial charge in [0.15, 0.2) is 0 Å². The van der Waals surface area contributed by atoms with Crippen LogP contribution >= 0.6 is 11.6 Å². The first-order valence-electron chi connectivity index (χ1n) is 11.2. The number of benzene rings is 2. The van der Waals surface area contributed by atoms with Crippen molar-refractivity contribution in [3.05, 3.63) is 97.3 Å². The second-order valence-electron chi connectivity index (χ2n) is 8.93. The van der Waals surface area contributed by atoms with Gasteiger partial charge in [-0.05, 0) is 38.9 Å². The fraction of sp³-hybridized carbons (Fsp3) is 0.308. The van der Waals surface area contributed by atoms with Gasteiger partial charge in [-0.3, -0.25) is 10.1 Å². The van der Waals surface area contributed by atoms with E-state index >= 15 is 0 Å². The lowest BCUT2D eigenvalue weighted by Gasteiger charge is -2.43. The maximum Gasteiger partial charge on any atom is 0.334 e. The van der Waals surface area contributed by atoms with Gasteiger partial charge in [-0.25, -0.2) is 9.59 Å². The first-order valence-corrected chi connectivity index (χ1v) is 11.6. The highest BCUT2D eigenvalue weighted by atomic mass is 35.5. The summed E-state index contributed by atoms with van der Waals surface area (Å²) in [5.41, 5.74) is -0.688. The molecule has 0 bridgehead atoms. The molecule has 2 N–H and O–H groups in total. The molecule has 1 aliphatic heterocycles. The number of rotatable bonds is 9. The second kappa shape index (κ2) is 10.5. The van der Waals surface area contributed by atoms with Crippen molar-refractivity contribution in [3.8, 4) is 0 Å². The summed E-state index contributed by atoms with van der Waals surface area (Å²) in [4.78, 5) is 39.8. The Kier molecular flexibility index (Phi) is 7.86. The number of carboxylic acids is 2. The summed E-state index contributed by atoms with van der Waals surface area (Å²) in [6.07, 6.45) is 0. The van der Waals surface area contributed by atoms with Gasteiger partial charge in [-0.2, -0.15) is 0 Å². The molecule has 0 amide bonds. The predicted octanol–water partition coefficient (Wildman–Crippen LogP) is 4.67. The van der Waals surface area contributed by atoms with E-state index in [1.807, 2.05) is 37.4 Å². The summed E-state index contributed by atoms with van der Waals surface area (Å²) >= 11 is 6.39. The molecule has 9 nitrogen and oxygen atoms in total. The number of hydrogen-bond acceptors (Lipinski definition) is 6. The quantitative estimate of drug-likeness (QED) is 0.366. The third-order valence-electron chi connectivity index (χ3n) is 6.68. The van der Waals surface area contributed by atoms with Crippen LogP contribution in [0.4, 0.5) is 5.69 Å². The molecule has 0 atom stereocenters. The average Bonchev–Trinajstić information content (AvgIpc) is 2.78. The molecule has 190 valence electrons. The molecule has 0 saturated heterocycles. The highest BCUT2D eigenvalue weighted by Gasteiger charge is 2.50. The number of nitro benzene ring substituents is 1. The Bertz CT molecular complexity index is 1230. The molecule has 0 saturated carbocycles. The first-order chi connectivity index (χ1) is 16.9. The molecule has 0 unspecified atom stereocenters. The van der Waals surface area contributed by atoms with Crippen LogP contribution in [-0.2, 0) is 21.5 Å². The molecule has 2 aromatic rings. The van der Waals surface area contributed by atoms with Gasteiger partial charge in [-0.1, -0.05) is 54.1 Å². The van der Waals surface area contributed by atoms with E-state index in [0.717, 1.165) is 5.56 Å². The molecule has 10 heteroatoms.